The summed E-state index contributed by atoms with van der Waals surface area (Å²) in [6, 6.07) is 5.78. The lowest BCUT2D eigenvalue weighted by molar-refractivity contribution is -0.146. The monoisotopic (exact) mass is 273 g/mol. The van der Waals surface area contributed by atoms with Gasteiger partial charge in [0.2, 0.25) is 5.91 Å². The van der Waals surface area contributed by atoms with Crippen molar-refractivity contribution in [3.05, 3.63) is 41.5 Å². The number of carbonyl (C=O) groups is 2. The van der Waals surface area contributed by atoms with Gasteiger partial charge in [0.05, 0.1) is 11.8 Å². The normalized spacial score (nSPS) is 21.5. The summed E-state index contributed by atoms with van der Waals surface area (Å²) in [6.07, 6.45) is 4.61. The molecule has 0 bridgehead atoms. The number of nitrogens with one attached hydrogen (secondary N) is 1. The molecule has 0 spiro atoms. The average Bonchev–Trinajstić information content (AvgIpc) is 2.41. The molecule has 2 atom stereocenters. The predicted octanol–water partition coefficient (Wildman–Crippen LogP) is 2.91. The number of rotatable bonds is 3. The van der Waals surface area contributed by atoms with E-state index in [4.69, 9.17) is 0 Å². The van der Waals surface area contributed by atoms with E-state index in [0.717, 1.165) is 16.8 Å². The first kappa shape index (κ1) is 14.3. The van der Waals surface area contributed by atoms with Crippen LogP contribution in [-0.2, 0) is 9.59 Å². The molecule has 0 fully saturated rings. The molecular formula is C16H19NO3. The largest absolute Gasteiger partial charge is 0.481 e. The van der Waals surface area contributed by atoms with Crippen molar-refractivity contribution in [2.75, 3.05) is 5.32 Å². The highest BCUT2D eigenvalue weighted by Gasteiger charge is 2.34. The Morgan fingerprint density at radius 2 is 1.80 bits per heavy atom. The lowest BCUT2D eigenvalue weighted by Gasteiger charge is -2.24. The van der Waals surface area contributed by atoms with Crippen molar-refractivity contribution in [1.29, 1.82) is 0 Å². The summed E-state index contributed by atoms with van der Waals surface area (Å²) in [5.41, 5.74) is 2.86. The molecule has 4 nitrogen and oxygen atoms in total. The number of hydrogen-bond acceptors (Lipinski definition) is 2. The number of anilines is 1. The van der Waals surface area contributed by atoms with Crippen molar-refractivity contribution in [2.45, 2.75) is 26.7 Å². The first-order valence-electron chi connectivity index (χ1n) is 6.75. The maximum Gasteiger partial charge on any atom is 0.307 e. The third-order valence-corrected chi connectivity index (χ3v) is 3.73. The molecule has 0 heterocycles. The van der Waals surface area contributed by atoms with Gasteiger partial charge in [0.15, 0.2) is 0 Å². The number of amides is 1. The van der Waals surface area contributed by atoms with E-state index in [0.29, 0.717) is 12.8 Å². The van der Waals surface area contributed by atoms with E-state index in [1.54, 1.807) is 0 Å². The molecule has 1 amide bonds. The maximum atomic E-state index is 12.3. The average molecular weight is 273 g/mol. The van der Waals surface area contributed by atoms with Crippen molar-refractivity contribution >= 4 is 17.6 Å². The fourth-order valence-electron chi connectivity index (χ4n) is 2.56. The van der Waals surface area contributed by atoms with Crippen LogP contribution in [0.5, 0.6) is 0 Å². The smallest absolute Gasteiger partial charge is 0.307 e. The lowest BCUT2D eigenvalue weighted by Crippen LogP contribution is -2.34. The number of carboxylic acid groups (broad SMARTS) is 1. The van der Waals surface area contributed by atoms with E-state index in [1.807, 2.05) is 44.2 Å². The van der Waals surface area contributed by atoms with Crippen molar-refractivity contribution in [3.8, 4) is 0 Å². The summed E-state index contributed by atoms with van der Waals surface area (Å²) in [5.74, 6) is -2.26. The quantitative estimate of drug-likeness (QED) is 0.832. The first-order chi connectivity index (χ1) is 9.49. The molecular weight excluding hydrogens is 254 g/mol. The molecule has 4 heteroatoms. The SMILES string of the molecule is Cc1ccc(NC(=O)[C@@H]2CC=CC[C@H]2C(=O)O)c(C)c1. The van der Waals surface area contributed by atoms with Crippen molar-refractivity contribution in [2.24, 2.45) is 11.8 Å². The Kier molecular flexibility index (Phi) is 4.23. The van der Waals surface area contributed by atoms with Crippen LogP contribution in [0.25, 0.3) is 0 Å². The van der Waals surface area contributed by atoms with Crippen molar-refractivity contribution in [3.63, 3.8) is 0 Å². The lowest BCUT2D eigenvalue weighted by atomic mass is 9.82. The highest BCUT2D eigenvalue weighted by Crippen LogP contribution is 2.28. The molecule has 0 aliphatic heterocycles. The Morgan fingerprint density at radius 3 is 2.40 bits per heavy atom. The minimum atomic E-state index is -0.907. The van der Waals surface area contributed by atoms with E-state index >= 15 is 0 Å². The van der Waals surface area contributed by atoms with Gasteiger partial charge in [-0.1, -0.05) is 29.8 Å². The molecule has 1 aliphatic carbocycles. The van der Waals surface area contributed by atoms with Gasteiger partial charge in [-0.25, -0.2) is 0 Å². The first-order valence-corrected chi connectivity index (χ1v) is 6.75. The number of carboxylic acids is 1. The van der Waals surface area contributed by atoms with E-state index in [2.05, 4.69) is 5.32 Å². The Bertz CT molecular complexity index is 563. The second-order valence-electron chi connectivity index (χ2n) is 5.30. The molecule has 0 aromatic heterocycles. The van der Waals surface area contributed by atoms with Gasteiger partial charge in [0.25, 0.3) is 0 Å². The molecule has 1 aliphatic rings. The third kappa shape index (κ3) is 3.07. The molecule has 0 saturated heterocycles. The number of allylic oxidation sites excluding steroid dienone is 2. The molecule has 0 saturated carbocycles. The van der Waals surface area contributed by atoms with E-state index in [1.165, 1.54) is 0 Å². The minimum absolute atomic E-state index is 0.214. The molecule has 106 valence electrons. The Labute approximate surface area is 118 Å². The molecule has 1 aromatic rings. The Balaban J connectivity index is 2.14. The van der Waals surface area contributed by atoms with Crippen LogP contribution in [-0.4, -0.2) is 17.0 Å². The van der Waals surface area contributed by atoms with Crippen LogP contribution in [0, 0.1) is 25.7 Å². The topological polar surface area (TPSA) is 66.4 Å². The van der Waals surface area contributed by atoms with Gasteiger partial charge in [-0.3, -0.25) is 9.59 Å². The van der Waals surface area contributed by atoms with Crippen LogP contribution >= 0.6 is 0 Å². The molecule has 0 radical (unpaired) electrons. The fraction of sp³-hybridized carbons (Fsp3) is 0.375. The zero-order chi connectivity index (χ0) is 14.7. The van der Waals surface area contributed by atoms with E-state index in [9.17, 15) is 14.7 Å². The number of hydrogen-bond donors (Lipinski definition) is 2. The van der Waals surface area contributed by atoms with Crippen LogP contribution in [0.1, 0.15) is 24.0 Å². The second kappa shape index (κ2) is 5.90. The molecule has 2 rings (SSSR count). The fourth-order valence-corrected chi connectivity index (χ4v) is 2.56. The van der Waals surface area contributed by atoms with E-state index in [-0.39, 0.29) is 5.91 Å². The second-order valence-corrected chi connectivity index (χ2v) is 5.30. The van der Waals surface area contributed by atoms with Gasteiger partial charge in [0, 0.05) is 5.69 Å². The van der Waals surface area contributed by atoms with Gasteiger partial charge in [-0.2, -0.15) is 0 Å². The van der Waals surface area contributed by atoms with Gasteiger partial charge < -0.3 is 10.4 Å². The van der Waals surface area contributed by atoms with Gasteiger partial charge in [-0.15, -0.1) is 0 Å². The zero-order valence-corrected chi connectivity index (χ0v) is 11.7. The highest BCUT2D eigenvalue weighted by molar-refractivity contribution is 5.96. The standard InChI is InChI=1S/C16H19NO3/c1-10-7-8-14(11(2)9-10)17-15(18)12-5-3-4-6-13(12)16(19)20/h3-4,7-9,12-13H,5-6H2,1-2H3,(H,17,18)(H,19,20)/t12-,13-/m1/s1. The molecule has 2 N–H and O–H groups in total. The van der Waals surface area contributed by atoms with Crippen molar-refractivity contribution < 1.29 is 14.7 Å². The predicted molar refractivity (Wildman–Crippen MR) is 77.5 cm³/mol. The Morgan fingerprint density at radius 1 is 1.15 bits per heavy atom. The Hall–Kier alpha value is -2.10. The minimum Gasteiger partial charge on any atom is -0.481 e. The van der Waals surface area contributed by atoms with Crippen LogP contribution in [0.3, 0.4) is 0 Å². The molecule has 20 heavy (non-hydrogen) atoms. The molecule has 1 aromatic carbocycles. The number of aliphatic carboxylic acids is 1. The summed E-state index contributed by atoms with van der Waals surface area (Å²) in [5, 5.41) is 12.1. The number of benzene rings is 1. The summed E-state index contributed by atoms with van der Waals surface area (Å²) < 4.78 is 0. The van der Waals surface area contributed by atoms with Crippen LogP contribution in [0.2, 0.25) is 0 Å². The molecule has 0 unspecified atom stereocenters. The third-order valence-electron chi connectivity index (χ3n) is 3.73. The highest BCUT2D eigenvalue weighted by atomic mass is 16.4. The van der Waals surface area contributed by atoms with Crippen molar-refractivity contribution in [1.82, 2.24) is 0 Å². The van der Waals surface area contributed by atoms with Gasteiger partial charge in [0.1, 0.15) is 0 Å². The summed E-state index contributed by atoms with van der Waals surface area (Å²) >= 11 is 0. The zero-order valence-electron chi connectivity index (χ0n) is 11.7. The van der Waals surface area contributed by atoms with Crippen LogP contribution in [0.4, 0.5) is 5.69 Å². The van der Waals surface area contributed by atoms with Gasteiger partial charge in [-0.05, 0) is 38.3 Å². The number of aryl methyl sites for hydroxylation is 2. The van der Waals surface area contributed by atoms with Gasteiger partial charge >= 0.3 is 5.97 Å². The summed E-state index contributed by atoms with van der Waals surface area (Å²) in [6.45, 7) is 3.92. The summed E-state index contributed by atoms with van der Waals surface area (Å²) in [4.78, 5) is 23.5. The van der Waals surface area contributed by atoms with Crippen LogP contribution < -0.4 is 5.32 Å². The summed E-state index contributed by atoms with van der Waals surface area (Å²) in [7, 11) is 0. The maximum absolute atomic E-state index is 12.3. The number of carbonyl (C=O) groups excluding carboxylic acids is 1. The van der Waals surface area contributed by atoms with Crippen LogP contribution in [0.15, 0.2) is 30.4 Å². The van der Waals surface area contributed by atoms with E-state index < -0.39 is 17.8 Å².